The summed E-state index contributed by atoms with van der Waals surface area (Å²) in [7, 11) is 0. The van der Waals surface area contributed by atoms with Crippen molar-refractivity contribution in [1.82, 2.24) is 14.9 Å². The molecule has 0 aromatic carbocycles. The third kappa shape index (κ3) is 5.93. The Kier molecular flexibility index (Phi) is 8.42. The number of aromatic nitrogens is 2. The molecule has 3 N–H and O–H groups in total. The van der Waals surface area contributed by atoms with E-state index in [2.05, 4.69) is 9.97 Å². The topological polar surface area (TPSA) is 109 Å². The van der Waals surface area contributed by atoms with Crippen LogP contribution in [0.15, 0.2) is 16.8 Å². The standard InChI is InChI=1S/C16H24N4O3S/c1-4-5-15(23)24-14(6-7-21)11(2)20(10-22)9-13-8-18-12(3)19-16(13)17/h8,10,21H,4-7,9H2,1-3H3,(H2,17,18,19)/b14-11+. The Bertz CT molecular complexity index is 619. The first-order chi connectivity index (χ1) is 11.4. The molecular weight excluding hydrogens is 328 g/mol. The van der Waals surface area contributed by atoms with Gasteiger partial charge in [0.15, 0.2) is 5.12 Å². The molecule has 0 radical (unpaired) electrons. The minimum absolute atomic E-state index is 0.0179. The van der Waals surface area contributed by atoms with E-state index in [1.54, 1.807) is 20.0 Å². The van der Waals surface area contributed by atoms with Crippen molar-refractivity contribution in [3.63, 3.8) is 0 Å². The van der Waals surface area contributed by atoms with E-state index >= 15 is 0 Å². The average molecular weight is 352 g/mol. The summed E-state index contributed by atoms with van der Waals surface area (Å²) in [5.41, 5.74) is 7.11. The molecule has 1 heterocycles. The molecule has 0 fully saturated rings. The van der Waals surface area contributed by atoms with Gasteiger partial charge in [0.05, 0.1) is 6.54 Å². The third-order valence-electron chi connectivity index (χ3n) is 3.35. The fourth-order valence-corrected chi connectivity index (χ4v) is 3.05. The lowest BCUT2D eigenvalue weighted by Crippen LogP contribution is -2.22. The maximum atomic E-state index is 11.9. The van der Waals surface area contributed by atoms with Gasteiger partial charge in [-0.05, 0) is 20.3 Å². The third-order valence-corrected chi connectivity index (χ3v) is 4.53. The van der Waals surface area contributed by atoms with Gasteiger partial charge < -0.3 is 15.7 Å². The molecule has 7 nitrogen and oxygen atoms in total. The fourth-order valence-electron chi connectivity index (χ4n) is 2.01. The second-order valence-corrected chi connectivity index (χ2v) is 6.42. The zero-order valence-corrected chi connectivity index (χ0v) is 15.1. The summed E-state index contributed by atoms with van der Waals surface area (Å²) >= 11 is 1.08. The van der Waals surface area contributed by atoms with Crippen molar-refractivity contribution in [3.8, 4) is 0 Å². The van der Waals surface area contributed by atoms with E-state index < -0.39 is 0 Å². The lowest BCUT2D eigenvalue weighted by atomic mass is 10.2. The van der Waals surface area contributed by atoms with E-state index in [9.17, 15) is 14.7 Å². The number of rotatable bonds is 9. The predicted octanol–water partition coefficient (Wildman–Crippen LogP) is 2.00. The first-order valence-corrected chi connectivity index (χ1v) is 8.55. The summed E-state index contributed by atoms with van der Waals surface area (Å²) in [6.45, 7) is 5.52. The number of aliphatic hydroxyl groups excluding tert-OH is 1. The van der Waals surface area contributed by atoms with Crippen molar-refractivity contribution in [2.24, 2.45) is 0 Å². The number of hydrogen-bond acceptors (Lipinski definition) is 7. The second-order valence-electron chi connectivity index (χ2n) is 5.27. The number of amides is 1. The van der Waals surface area contributed by atoms with Gasteiger partial charge in [-0.1, -0.05) is 18.7 Å². The summed E-state index contributed by atoms with van der Waals surface area (Å²) < 4.78 is 0. The van der Waals surface area contributed by atoms with Crippen LogP contribution in [0.25, 0.3) is 0 Å². The Hall–Kier alpha value is -1.93. The van der Waals surface area contributed by atoms with Crippen molar-refractivity contribution in [2.45, 2.75) is 46.6 Å². The molecule has 0 atom stereocenters. The number of allylic oxidation sites excluding steroid dienone is 1. The van der Waals surface area contributed by atoms with Crippen LogP contribution in [0, 0.1) is 6.92 Å². The molecule has 1 aromatic rings. The zero-order chi connectivity index (χ0) is 18.1. The summed E-state index contributed by atoms with van der Waals surface area (Å²) in [6.07, 6.45) is 3.79. The smallest absolute Gasteiger partial charge is 0.214 e. The molecule has 0 saturated carbocycles. The number of thioether (sulfide) groups is 1. The number of hydrogen-bond donors (Lipinski definition) is 2. The van der Waals surface area contributed by atoms with E-state index in [1.807, 2.05) is 6.92 Å². The fraction of sp³-hybridized carbons (Fsp3) is 0.500. The van der Waals surface area contributed by atoms with Crippen LogP contribution in [-0.4, -0.2) is 38.1 Å². The normalized spacial score (nSPS) is 11.8. The molecule has 1 amide bonds. The molecule has 132 valence electrons. The van der Waals surface area contributed by atoms with Crippen LogP contribution in [0.3, 0.4) is 0 Å². The highest BCUT2D eigenvalue weighted by atomic mass is 32.2. The molecule has 0 saturated heterocycles. The molecular formula is C16H24N4O3S. The van der Waals surface area contributed by atoms with Crippen LogP contribution in [0.5, 0.6) is 0 Å². The number of carbonyl (C=O) groups is 2. The predicted molar refractivity (Wildman–Crippen MR) is 94.7 cm³/mol. The van der Waals surface area contributed by atoms with Gasteiger partial charge in [0, 0.05) is 41.8 Å². The number of nitrogen functional groups attached to an aromatic ring is 1. The van der Waals surface area contributed by atoms with Gasteiger partial charge in [-0.2, -0.15) is 0 Å². The van der Waals surface area contributed by atoms with Crippen molar-refractivity contribution in [1.29, 1.82) is 0 Å². The first kappa shape index (κ1) is 20.1. The summed E-state index contributed by atoms with van der Waals surface area (Å²) in [6, 6.07) is 0. The molecule has 0 bridgehead atoms. The Morgan fingerprint density at radius 2 is 2.17 bits per heavy atom. The molecule has 24 heavy (non-hydrogen) atoms. The van der Waals surface area contributed by atoms with Crippen LogP contribution >= 0.6 is 11.8 Å². The summed E-state index contributed by atoms with van der Waals surface area (Å²) in [5, 5.41) is 9.26. The SMILES string of the molecule is CCCC(=O)S/C(CCO)=C(\C)N(C=O)Cc1cnc(C)nc1N. The molecule has 0 spiro atoms. The van der Waals surface area contributed by atoms with E-state index in [1.165, 1.54) is 4.90 Å². The maximum Gasteiger partial charge on any atom is 0.214 e. The Labute approximate surface area is 146 Å². The van der Waals surface area contributed by atoms with Gasteiger partial charge in [0.25, 0.3) is 0 Å². The molecule has 1 rings (SSSR count). The number of carbonyl (C=O) groups excluding carboxylic acids is 2. The van der Waals surface area contributed by atoms with Gasteiger partial charge in [-0.25, -0.2) is 9.97 Å². The molecule has 0 aliphatic heterocycles. The minimum atomic E-state index is -0.0957. The molecule has 1 aromatic heterocycles. The van der Waals surface area contributed by atoms with Gasteiger partial charge in [-0.3, -0.25) is 9.59 Å². The highest BCUT2D eigenvalue weighted by Crippen LogP contribution is 2.28. The van der Waals surface area contributed by atoms with E-state index in [-0.39, 0.29) is 18.3 Å². The van der Waals surface area contributed by atoms with Crippen LogP contribution in [0.1, 0.15) is 44.5 Å². The summed E-state index contributed by atoms with van der Waals surface area (Å²) in [4.78, 5) is 33.7. The Morgan fingerprint density at radius 1 is 1.46 bits per heavy atom. The Morgan fingerprint density at radius 3 is 2.71 bits per heavy atom. The molecule has 0 aliphatic carbocycles. The maximum absolute atomic E-state index is 11.9. The molecule has 8 heteroatoms. The van der Waals surface area contributed by atoms with E-state index in [4.69, 9.17) is 5.73 Å². The van der Waals surface area contributed by atoms with Crippen molar-refractivity contribution < 1.29 is 14.7 Å². The number of aryl methyl sites for hydroxylation is 1. The van der Waals surface area contributed by atoms with Crippen LogP contribution in [-0.2, 0) is 16.1 Å². The number of nitrogens with zero attached hydrogens (tertiary/aromatic N) is 3. The van der Waals surface area contributed by atoms with E-state index in [0.29, 0.717) is 47.1 Å². The van der Waals surface area contributed by atoms with Crippen LogP contribution in [0.2, 0.25) is 0 Å². The Balaban J connectivity index is 3.03. The average Bonchev–Trinajstić information content (AvgIpc) is 2.53. The summed E-state index contributed by atoms with van der Waals surface area (Å²) in [5.74, 6) is 0.878. The van der Waals surface area contributed by atoms with Crippen LogP contribution in [0.4, 0.5) is 5.82 Å². The van der Waals surface area contributed by atoms with Crippen molar-refractivity contribution in [3.05, 3.63) is 28.2 Å². The zero-order valence-electron chi connectivity index (χ0n) is 14.3. The van der Waals surface area contributed by atoms with Gasteiger partial charge in [0.2, 0.25) is 6.41 Å². The van der Waals surface area contributed by atoms with Gasteiger partial charge >= 0.3 is 0 Å². The first-order valence-electron chi connectivity index (χ1n) is 7.74. The molecule has 0 unspecified atom stereocenters. The largest absolute Gasteiger partial charge is 0.396 e. The molecule has 0 aliphatic rings. The lowest BCUT2D eigenvalue weighted by Gasteiger charge is -2.22. The van der Waals surface area contributed by atoms with Crippen LogP contribution < -0.4 is 5.73 Å². The van der Waals surface area contributed by atoms with Crippen molar-refractivity contribution in [2.75, 3.05) is 12.3 Å². The van der Waals surface area contributed by atoms with Gasteiger partial charge in [-0.15, -0.1) is 0 Å². The second kappa shape index (κ2) is 10.0. The minimum Gasteiger partial charge on any atom is -0.396 e. The lowest BCUT2D eigenvalue weighted by molar-refractivity contribution is -0.117. The quantitative estimate of drug-likeness (QED) is 0.654. The number of anilines is 1. The van der Waals surface area contributed by atoms with Gasteiger partial charge in [0.1, 0.15) is 11.6 Å². The van der Waals surface area contributed by atoms with E-state index in [0.717, 1.165) is 18.2 Å². The van der Waals surface area contributed by atoms with Crippen molar-refractivity contribution >= 4 is 29.1 Å². The number of nitrogens with two attached hydrogens (primary N) is 1. The highest BCUT2D eigenvalue weighted by Gasteiger charge is 2.16. The monoisotopic (exact) mass is 352 g/mol. The highest BCUT2D eigenvalue weighted by molar-refractivity contribution is 8.16. The number of aliphatic hydroxyl groups is 1.